The highest BCUT2D eigenvalue weighted by atomic mass is 16.3. The van der Waals surface area contributed by atoms with Gasteiger partial charge in [0.05, 0.1) is 11.8 Å². The second-order valence-electron chi connectivity index (χ2n) is 4.88. The van der Waals surface area contributed by atoms with Gasteiger partial charge in [-0.1, -0.05) is 0 Å². The minimum atomic E-state index is -0.138. The van der Waals surface area contributed by atoms with Crippen molar-refractivity contribution in [2.75, 3.05) is 13.1 Å². The number of nitrogens with two attached hydrogens (primary N) is 1. The first kappa shape index (κ1) is 12.8. The van der Waals surface area contributed by atoms with Crippen molar-refractivity contribution in [3.8, 4) is 5.75 Å². The Morgan fingerprint density at radius 1 is 1.61 bits per heavy atom. The van der Waals surface area contributed by atoms with Gasteiger partial charge in [0.15, 0.2) is 0 Å². The third kappa shape index (κ3) is 2.46. The van der Waals surface area contributed by atoms with E-state index in [0.29, 0.717) is 24.6 Å². The lowest BCUT2D eigenvalue weighted by atomic mass is 9.93. The lowest BCUT2D eigenvalue weighted by molar-refractivity contribution is 0.0564. The number of carbonyl (C=O) groups excluding carboxylic acids is 1. The molecule has 0 spiro atoms. The zero-order valence-electron chi connectivity index (χ0n) is 10.5. The largest absolute Gasteiger partial charge is 0.505 e. The fraction of sp³-hybridized carbons (Fsp3) is 0.538. The van der Waals surface area contributed by atoms with Gasteiger partial charge < -0.3 is 15.7 Å². The van der Waals surface area contributed by atoms with Crippen molar-refractivity contribution in [3.63, 3.8) is 0 Å². The zero-order valence-corrected chi connectivity index (χ0v) is 10.5. The molecule has 0 saturated carbocycles. The van der Waals surface area contributed by atoms with E-state index in [1.807, 2.05) is 6.92 Å². The average Bonchev–Trinajstić information content (AvgIpc) is 2.39. The van der Waals surface area contributed by atoms with Crippen LogP contribution in [-0.2, 0) is 0 Å². The van der Waals surface area contributed by atoms with Crippen LogP contribution >= 0.6 is 0 Å². The zero-order chi connectivity index (χ0) is 13.1. The number of carbonyl (C=O) groups is 1. The predicted molar refractivity (Wildman–Crippen MR) is 68.2 cm³/mol. The van der Waals surface area contributed by atoms with Crippen molar-refractivity contribution in [1.29, 1.82) is 0 Å². The quantitative estimate of drug-likeness (QED) is 0.819. The summed E-state index contributed by atoms with van der Waals surface area (Å²) in [6.45, 7) is 3.29. The molecule has 0 radical (unpaired) electrons. The van der Waals surface area contributed by atoms with Crippen LogP contribution < -0.4 is 5.73 Å². The number of amides is 1. The standard InChI is InChI=1S/C13H19N3O2/c1-9-2-3-10(6-14)8-16(9)13(18)11-4-5-15-7-12(11)17/h4-5,7,9-10,17H,2-3,6,8,14H2,1H3. The van der Waals surface area contributed by atoms with E-state index < -0.39 is 0 Å². The Hall–Kier alpha value is -1.62. The molecule has 0 aliphatic carbocycles. The Balaban J connectivity index is 2.19. The minimum Gasteiger partial charge on any atom is -0.505 e. The Bertz CT molecular complexity index is 436. The van der Waals surface area contributed by atoms with Gasteiger partial charge in [-0.3, -0.25) is 9.78 Å². The Morgan fingerprint density at radius 2 is 2.39 bits per heavy atom. The highest BCUT2D eigenvalue weighted by molar-refractivity contribution is 5.96. The van der Waals surface area contributed by atoms with Gasteiger partial charge in [-0.15, -0.1) is 0 Å². The summed E-state index contributed by atoms with van der Waals surface area (Å²) in [7, 11) is 0. The molecule has 18 heavy (non-hydrogen) atoms. The summed E-state index contributed by atoms with van der Waals surface area (Å²) in [6, 6.07) is 1.74. The number of aromatic hydroxyl groups is 1. The first-order valence-electron chi connectivity index (χ1n) is 6.27. The van der Waals surface area contributed by atoms with Crippen molar-refractivity contribution in [3.05, 3.63) is 24.0 Å². The summed E-state index contributed by atoms with van der Waals surface area (Å²) in [6.07, 6.45) is 4.83. The summed E-state index contributed by atoms with van der Waals surface area (Å²) in [4.78, 5) is 18.0. The molecule has 0 aromatic carbocycles. The monoisotopic (exact) mass is 249 g/mol. The molecule has 2 heterocycles. The van der Waals surface area contributed by atoms with E-state index in [-0.39, 0.29) is 17.7 Å². The molecule has 2 rings (SSSR count). The van der Waals surface area contributed by atoms with Crippen LogP contribution in [0, 0.1) is 5.92 Å². The summed E-state index contributed by atoms with van der Waals surface area (Å²) in [5.74, 6) is 0.152. The maximum absolute atomic E-state index is 12.4. The topological polar surface area (TPSA) is 79.5 Å². The second kappa shape index (κ2) is 5.35. The highest BCUT2D eigenvalue weighted by Gasteiger charge is 2.29. The summed E-state index contributed by atoms with van der Waals surface area (Å²) in [5.41, 5.74) is 6.00. The molecule has 5 nitrogen and oxygen atoms in total. The average molecular weight is 249 g/mol. The Labute approximate surface area is 107 Å². The Morgan fingerprint density at radius 3 is 3.06 bits per heavy atom. The van der Waals surface area contributed by atoms with Gasteiger partial charge in [-0.25, -0.2) is 0 Å². The van der Waals surface area contributed by atoms with Gasteiger partial charge in [0, 0.05) is 18.8 Å². The van der Waals surface area contributed by atoms with E-state index in [9.17, 15) is 9.90 Å². The molecule has 1 aromatic rings. The molecule has 1 aliphatic rings. The van der Waals surface area contributed by atoms with Crippen LogP contribution in [0.2, 0.25) is 0 Å². The first-order valence-corrected chi connectivity index (χ1v) is 6.27. The van der Waals surface area contributed by atoms with E-state index in [0.717, 1.165) is 12.8 Å². The van der Waals surface area contributed by atoms with Crippen molar-refractivity contribution in [2.24, 2.45) is 11.7 Å². The van der Waals surface area contributed by atoms with Crippen LogP contribution in [0.3, 0.4) is 0 Å². The summed E-state index contributed by atoms with van der Waals surface area (Å²) >= 11 is 0. The first-order chi connectivity index (χ1) is 8.63. The van der Waals surface area contributed by atoms with Crippen molar-refractivity contribution < 1.29 is 9.90 Å². The molecule has 5 heteroatoms. The minimum absolute atomic E-state index is 0.0652. The van der Waals surface area contributed by atoms with Gasteiger partial charge in [0.2, 0.25) is 0 Å². The maximum Gasteiger partial charge on any atom is 0.257 e. The SMILES string of the molecule is CC1CCC(CN)CN1C(=O)c1ccncc1O. The number of hydrogen-bond acceptors (Lipinski definition) is 4. The second-order valence-corrected chi connectivity index (χ2v) is 4.88. The molecule has 0 bridgehead atoms. The number of likely N-dealkylation sites (tertiary alicyclic amines) is 1. The molecule has 1 fully saturated rings. The lowest BCUT2D eigenvalue weighted by Gasteiger charge is -2.37. The fourth-order valence-electron chi connectivity index (χ4n) is 2.38. The normalized spacial score (nSPS) is 24.0. The number of aromatic nitrogens is 1. The molecule has 1 aliphatic heterocycles. The smallest absolute Gasteiger partial charge is 0.257 e. The number of hydrogen-bond donors (Lipinski definition) is 2. The van der Waals surface area contributed by atoms with Gasteiger partial charge in [0.1, 0.15) is 5.75 Å². The van der Waals surface area contributed by atoms with Crippen LogP contribution in [0.15, 0.2) is 18.5 Å². The van der Waals surface area contributed by atoms with Gasteiger partial charge >= 0.3 is 0 Å². The number of nitrogens with zero attached hydrogens (tertiary/aromatic N) is 2. The van der Waals surface area contributed by atoms with E-state index in [2.05, 4.69) is 4.98 Å². The van der Waals surface area contributed by atoms with Gasteiger partial charge in [0.25, 0.3) is 5.91 Å². The predicted octanol–water partition coefficient (Wildman–Crippen LogP) is 0.987. The fourth-order valence-corrected chi connectivity index (χ4v) is 2.38. The van der Waals surface area contributed by atoms with E-state index in [1.54, 1.807) is 11.0 Å². The summed E-state index contributed by atoms with van der Waals surface area (Å²) in [5, 5.41) is 9.69. The van der Waals surface area contributed by atoms with Crippen LogP contribution in [0.4, 0.5) is 0 Å². The maximum atomic E-state index is 12.4. The van der Waals surface area contributed by atoms with E-state index >= 15 is 0 Å². The van der Waals surface area contributed by atoms with Crippen molar-refractivity contribution >= 4 is 5.91 Å². The Kier molecular flexibility index (Phi) is 3.81. The molecule has 1 aromatic heterocycles. The molecule has 98 valence electrons. The molecular formula is C13H19N3O2. The van der Waals surface area contributed by atoms with Crippen LogP contribution in [0.1, 0.15) is 30.1 Å². The van der Waals surface area contributed by atoms with Gasteiger partial charge in [-0.2, -0.15) is 0 Å². The molecule has 1 saturated heterocycles. The number of piperidine rings is 1. The van der Waals surface area contributed by atoms with Crippen LogP contribution in [0.25, 0.3) is 0 Å². The van der Waals surface area contributed by atoms with Crippen LogP contribution in [0.5, 0.6) is 5.75 Å². The third-order valence-electron chi connectivity index (χ3n) is 3.60. The van der Waals surface area contributed by atoms with Gasteiger partial charge in [-0.05, 0) is 38.3 Å². The van der Waals surface area contributed by atoms with Crippen molar-refractivity contribution in [1.82, 2.24) is 9.88 Å². The molecule has 2 unspecified atom stereocenters. The van der Waals surface area contributed by atoms with Crippen molar-refractivity contribution in [2.45, 2.75) is 25.8 Å². The molecule has 1 amide bonds. The highest BCUT2D eigenvalue weighted by Crippen LogP contribution is 2.25. The molecule has 3 N–H and O–H groups in total. The van der Waals surface area contributed by atoms with E-state index in [1.165, 1.54) is 12.4 Å². The lowest BCUT2D eigenvalue weighted by Crippen LogP contribution is -2.47. The number of rotatable bonds is 2. The molecule has 2 atom stereocenters. The van der Waals surface area contributed by atoms with Crippen LogP contribution in [-0.4, -0.2) is 40.0 Å². The summed E-state index contributed by atoms with van der Waals surface area (Å²) < 4.78 is 0. The number of pyridine rings is 1. The third-order valence-corrected chi connectivity index (χ3v) is 3.60. The molecular weight excluding hydrogens is 230 g/mol. The van der Waals surface area contributed by atoms with E-state index in [4.69, 9.17) is 5.73 Å².